The Morgan fingerprint density at radius 2 is 1.37 bits per heavy atom. The number of carbonyl (C=O) groups is 7. The lowest BCUT2D eigenvalue weighted by Crippen LogP contribution is -2.64. The van der Waals surface area contributed by atoms with Crippen LogP contribution in [0.2, 0.25) is 0 Å². The van der Waals surface area contributed by atoms with Gasteiger partial charge in [0, 0.05) is 118 Å². The van der Waals surface area contributed by atoms with Crippen LogP contribution in [0.25, 0.3) is 21.1 Å². The molecule has 101 heavy (non-hydrogen) atoms. The standard InChI is InChI=1S/C68H95N13O18S2/c1-37-6-15-45(16-7-37)77-24-26-78(27-25-77)46-17-13-43(14-18-46)66-76-75-65(100-66)42-11-9-41(10-12-42)60(89)71-49-32-47(83)34-70-64(93)58-59(88)38(2)35-80(58)68(95)57(52(86)20-23-69-44-21-28-81(4,5)29-22-44)74-63(92)56(53(87)30-40-8-19-51(85)54(31-40)97-101-99-98-96)73-62(91)50-33-48(84)36-79(50)67(94)55(39(3)82)72-61(49)90/h8-14,17-19,31,37-39,44-45,47-50,52-53,55-59,69,82-84,86-88H,6-7,15-16,20-30,32-36H2,1-5H3,(H6-,70,71,72,73,74,85,89,90,91,92,93,96)/p+1/t37?,38-,39+,45?,47+,48+,49+,50+,52-,53-,55+,56+,57+,58+,59+/m1/s1. The second-order valence-corrected chi connectivity index (χ2v) is 29.9. The molecule has 0 unspecified atom stereocenters. The number of hydrogen-bond donors (Lipinski definition) is 14. The van der Waals surface area contributed by atoms with E-state index in [0.29, 0.717) is 21.6 Å². The highest BCUT2D eigenvalue weighted by atomic mass is 32.2. The first kappa shape index (κ1) is 76.4. The number of benzene rings is 3. The topological polar surface area (TPSA) is 420 Å². The van der Waals surface area contributed by atoms with Crippen molar-refractivity contribution in [3.8, 4) is 32.6 Å². The molecule has 13 atom stereocenters. The fourth-order valence-electron chi connectivity index (χ4n) is 14.4. The van der Waals surface area contributed by atoms with Gasteiger partial charge in [-0.3, -0.25) is 38.5 Å². The van der Waals surface area contributed by atoms with Crippen molar-refractivity contribution in [1.29, 1.82) is 0 Å². The molecular formula is C68H96N13O18S2+. The normalized spacial score (nSPS) is 28.7. The number of phenolic OH excluding ortho intramolecular Hbond substituents is 1. The zero-order valence-electron chi connectivity index (χ0n) is 57.3. The number of aromatic nitrogens is 2. The number of aromatic hydroxyl groups is 1. The van der Waals surface area contributed by atoms with Gasteiger partial charge in [-0.05, 0) is 106 Å². The van der Waals surface area contributed by atoms with Gasteiger partial charge >= 0.3 is 0 Å². The van der Waals surface area contributed by atoms with Gasteiger partial charge in [-0.1, -0.05) is 52.8 Å². The summed E-state index contributed by atoms with van der Waals surface area (Å²) in [5.74, 6) is -8.26. The molecule has 31 nitrogen and oxygen atoms in total. The van der Waals surface area contributed by atoms with Crippen LogP contribution >= 0.6 is 23.7 Å². The number of amides is 7. The van der Waals surface area contributed by atoms with Crippen LogP contribution in [-0.2, 0) is 44.6 Å². The average molecular weight is 1450 g/mol. The van der Waals surface area contributed by atoms with Crippen molar-refractivity contribution in [2.75, 3.05) is 84.4 Å². The molecule has 0 spiro atoms. The van der Waals surface area contributed by atoms with Crippen LogP contribution < -0.4 is 41.0 Å². The van der Waals surface area contributed by atoms with E-state index in [-0.39, 0.29) is 54.8 Å². The Kier molecular flexibility index (Phi) is 26.0. The highest BCUT2D eigenvalue weighted by Crippen LogP contribution is 2.35. The quantitative estimate of drug-likeness (QED) is 0.0190. The maximum Gasteiger partial charge on any atom is 0.261 e. The predicted octanol–water partition coefficient (Wildman–Crippen LogP) is -0.191. The zero-order chi connectivity index (χ0) is 72.4. The monoisotopic (exact) mass is 1450 g/mol. The number of hydrogen-bond acceptors (Lipinski definition) is 25. The van der Waals surface area contributed by atoms with Crippen molar-refractivity contribution >= 4 is 70.7 Å². The number of nitrogens with one attached hydrogen (secondary N) is 6. The van der Waals surface area contributed by atoms with Crippen LogP contribution in [0.3, 0.4) is 0 Å². The first-order valence-electron chi connectivity index (χ1n) is 34.7. The van der Waals surface area contributed by atoms with Crippen LogP contribution in [0, 0.1) is 11.8 Å². The Balaban J connectivity index is 0.894. The Morgan fingerprint density at radius 1 is 0.733 bits per heavy atom. The number of quaternary nitrogens is 1. The average Bonchev–Trinajstić information content (AvgIpc) is 1.69. The highest BCUT2D eigenvalue weighted by molar-refractivity contribution is 7.90. The summed E-state index contributed by atoms with van der Waals surface area (Å²) in [5, 5.41) is 119. The van der Waals surface area contributed by atoms with E-state index in [1.807, 2.05) is 12.1 Å². The van der Waals surface area contributed by atoms with Crippen molar-refractivity contribution in [3.05, 3.63) is 77.9 Å². The molecule has 7 amide bonds. The minimum absolute atomic E-state index is 0.0444. The lowest BCUT2D eigenvalue weighted by molar-refractivity contribution is -0.895. The largest absolute Gasteiger partial charge is 0.504 e. The van der Waals surface area contributed by atoms with Crippen molar-refractivity contribution in [2.45, 2.75) is 170 Å². The molecule has 14 N–H and O–H groups in total. The van der Waals surface area contributed by atoms with Gasteiger partial charge in [0.1, 0.15) is 46.3 Å². The summed E-state index contributed by atoms with van der Waals surface area (Å²) >= 11 is 1.45. The summed E-state index contributed by atoms with van der Waals surface area (Å²) in [5.41, 5.74) is 2.84. The molecule has 0 bridgehead atoms. The third-order valence-electron chi connectivity index (χ3n) is 20.5. The van der Waals surface area contributed by atoms with Crippen molar-refractivity contribution < 1.29 is 92.6 Å². The summed E-state index contributed by atoms with van der Waals surface area (Å²) in [6, 6.07) is 7.85. The Morgan fingerprint density at radius 3 is 2.02 bits per heavy atom. The number of carbonyl (C=O) groups excluding carboxylic acids is 7. The van der Waals surface area contributed by atoms with E-state index in [4.69, 9.17) is 9.44 Å². The zero-order valence-corrected chi connectivity index (χ0v) is 59.0. The number of rotatable bonds is 19. The molecule has 33 heteroatoms. The molecule has 5 aliphatic heterocycles. The smallest absolute Gasteiger partial charge is 0.261 e. The number of piperazine rings is 1. The first-order chi connectivity index (χ1) is 48.2. The van der Waals surface area contributed by atoms with Crippen molar-refractivity contribution in [3.63, 3.8) is 0 Å². The molecule has 1 saturated carbocycles. The maximum absolute atomic E-state index is 15.2. The molecule has 6 fully saturated rings. The van der Waals surface area contributed by atoms with Gasteiger partial charge in [0.25, 0.3) is 18.2 Å². The number of aliphatic hydroxyl groups is 6. The fourth-order valence-corrected chi connectivity index (χ4v) is 15.5. The molecule has 4 aromatic rings. The minimum atomic E-state index is -2.09. The molecule has 10 rings (SSSR count). The Labute approximate surface area is 594 Å². The lowest BCUT2D eigenvalue weighted by Gasteiger charge is -2.42. The van der Waals surface area contributed by atoms with Gasteiger partial charge in [-0.2, -0.15) is 0 Å². The van der Waals surface area contributed by atoms with Gasteiger partial charge in [0.15, 0.2) is 11.5 Å². The van der Waals surface area contributed by atoms with E-state index in [1.165, 1.54) is 61.3 Å². The number of β-amino-alcohol motifs (C(OH)–C–C–N with tert-alkyl or cyclic N) is 1. The molecule has 5 saturated heterocycles. The summed E-state index contributed by atoms with van der Waals surface area (Å²) < 4.78 is 10.3. The summed E-state index contributed by atoms with van der Waals surface area (Å²) in [7, 11) is 4.23. The van der Waals surface area contributed by atoms with Crippen molar-refractivity contribution in [2.24, 2.45) is 11.8 Å². The van der Waals surface area contributed by atoms with E-state index in [2.05, 4.69) is 94.4 Å². The van der Waals surface area contributed by atoms with Gasteiger partial charge in [0.05, 0.1) is 63.8 Å². The molecule has 3 aromatic carbocycles. The fraction of sp³-hybridized carbons (Fsp3) is 0.603. The van der Waals surface area contributed by atoms with Crippen LogP contribution in [0.15, 0.2) is 66.7 Å². The molecule has 552 valence electrons. The summed E-state index contributed by atoms with van der Waals surface area (Å²) in [6.45, 7) is 9.40. The van der Waals surface area contributed by atoms with E-state index < -0.39 is 158 Å². The summed E-state index contributed by atoms with van der Waals surface area (Å²) in [4.78, 5) is 110. The SMILES string of the molecule is CC1CCC(N2CCN(c3ccc(-c4nnc(-c5ccc(C(=O)N[C@H]6C[C@H](O)CNC(=O)[C@@H]7[C@@H](O)[C@H](C)CN7C(=O)[C@H]([C@H](O)CCNC7CC[N+](C)(C)CC7)NC(=O)[C@H]([C@H](O)Cc7ccc(O)c(OSOOO)c7)NC(=O)[C@@H]7C[C@H](O)CN7C(=O)[C@H]([C@H](C)O)NC6=O)cc5)s4)cc3)CC2)CC1. The van der Waals surface area contributed by atoms with Crippen LogP contribution in [0.5, 0.6) is 11.5 Å². The molecule has 0 radical (unpaired) electrons. The molecule has 6 aliphatic rings. The number of aliphatic hydroxyl groups excluding tert-OH is 6. The predicted molar refractivity (Wildman–Crippen MR) is 369 cm³/mol. The number of phenols is 1. The lowest BCUT2D eigenvalue weighted by atomic mass is 9.86. The molecular weight excluding hydrogens is 1350 g/mol. The number of likely N-dealkylation sites (tertiary alicyclic amines) is 1. The van der Waals surface area contributed by atoms with Crippen LogP contribution in [0.1, 0.15) is 94.5 Å². The van der Waals surface area contributed by atoms with E-state index >= 15 is 9.59 Å². The molecule has 1 aliphatic carbocycles. The second kappa shape index (κ2) is 34.4. The Hall–Kier alpha value is -7.22. The van der Waals surface area contributed by atoms with Crippen LogP contribution in [-0.4, -0.2) is 276 Å². The van der Waals surface area contributed by atoms with E-state index in [0.717, 1.165) is 96.6 Å². The highest BCUT2D eigenvalue weighted by Gasteiger charge is 2.50. The number of anilines is 1. The number of nitrogens with zero attached hydrogens (tertiary/aromatic N) is 7. The van der Waals surface area contributed by atoms with Crippen molar-refractivity contribution in [1.82, 2.24) is 56.8 Å². The van der Waals surface area contributed by atoms with Gasteiger partial charge in [0.2, 0.25) is 35.4 Å². The molecule has 6 heterocycles. The van der Waals surface area contributed by atoms with Gasteiger partial charge < -0.3 is 91.0 Å². The number of fused-ring (bicyclic) bond motifs is 2. The maximum atomic E-state index is 15.2. The first-order valence-corrected chi connectivity index (χ1v) is 36.1. The number of piperidine rings is 1. The van der Waals surface area contributed by atoms with Gasteiger partial charge in [-0.15, -0.1) is 10.2 Å². The minimum Gasteiger partial charge on any atom is -0.504 e. The van der Waals surface area contributed by atoms with Gasteiger partial charge in [-0.25, -0.2) is 5.26 Å². The third kappa shape index (κ3) is 19.4. The van der Waals surface area contributed by atoms with E-state index in [9.17, 15) is 59.7 Å². The van der Waals surface area contributed by atoms with E-state index in [1.54, 1.807) is 19.1 Å². The third-order valence-corrected chi connectivity index (χ3v) is 21.9. The summed E-state index contributed by atoms with van der Waals surface area (Å²) in [6.07, 6.45) is -5.20. The second-order valence-electron chi connectivity index (χ2n) is 28.5. The molecule has 1 aromatic heterocycles. The van der Waals surface area contributed by atoms with Crippen LogP contribution in [0.4, 0.5) is 5.69 Å². The Bertz CT molecular complexity index is 3500.